The van der Waals surface area contributed by atoms with Gasteiger partial charge in [0.1, 0.15) is 0 Å². The Balaban J connectivity index is 2.84. The fraction of sp³-hybridized carbons (Fsp3) is 0. The van der Waals surface area contributed by atoms with Crippen LogP contribution in [-0.4, -0.2) is 15.9 Å². The molecule has 0 aliphatic rings. The highest BCUT2D eigenvalue weighted by molar-refractivity contribution is 5.93. The molecule has 0 atom stereocenters. The highest BCUT2D eigenvalue weighted by Crippen LogP contribution is 2.11. The number of non-ortho nitro benzene ring substituents is 1. The van der Waals surface area contributed by atoms with Crippen molar-refractivity contribution in [3.05, 3.63) is 50.1 Å². The molecule has 15 heavy (non-hydrogen) atoms. The Morgan fingerprint density at radius 1 is 1.13 bits per heavy atom. The van der Waals surface area contributed by atoms with Crippen molar-refractivity contribution in [3.63, 3.8) is 0 Å². The largest absolute Gasteiger partial charge is 0.310 e. The minimum atomic E-state index is -0.996. The smallest absolute Gasteiger partial charge is 0.263 e. The minimum Gasteiger partial charge on any atom is -0.263 e. The number of nitro benzene ring substituents is 1. The van der Waals surface area contributed by atoms with Crippen LogP contribution >= 0.6 is 0 Å². The van der Waals surface area contributed by atoms with Crippen LogP contribution in [0.25, 0.3) is 0 Å². The Hall–Kier alpha value is -2.51. The van der Waals surface area contributed by atoms with Crippen molar-refractivity contribution in [2.45, 2.75) is 0 Å². The van der Waals surface area contributed by atoms with Gasteiger partial charge in [0, 0.05) is 17.7 Å². The standard InChI is InChI=1S/C7H5N3O5/c11-7(8-10(14)15)5-1-3-6(4-2-5)9(12)13/h1-4H,(H,8,11). The first-order chi connectivity index (χ1) is 7.00. The first-order valence-electron chi connectivity index (χ1n) is 3.70. The van der Waals surface area contributed by atoms with Crippen LogP contribution in [-0.2, 0) is 0 Å². The summed E-state index contributed by atoms with van der Waals surface area (Å²) < 4.78 is 0. The maximum absolute atomic E-state index is 11.0. The maximum atomic E-state index is 11.0. The van der Waals surface area contributed by atoms with Gasteiger partial charge in [0.05, 0.1) is 4.92 Å². The molecule has 8 nitrogen and oxygen atoms in total. The first kappa shape index (κ1) is 10.6. The fourth-order valence-corrected chi connectivity index (χ4v) is 0.882. The highest BCUT2D eigenvalue weighted by Gasteiger charge is 2.12. The van der Waals surface area contributed by atoms with Gasteiger partial charge < -0.3 is 0 Å². The Kier molecular flexibility index (Phi) is 2.91. The van der Waals surface area contributed by atoms with Gasteiger partial charge in [-0.15, -0.1) is 0 Å². The zero-order chi connectivity index (χ0) is 11.4. The number of amides is 1. The van der Waals surface area contributed by atoms with Gasteiger partial charge >= 0.3 is 5.91 Å². The van der Waals surface area contributed by atoms with Crippen molar-refractivity contribution in [1.29, 1.82) is 0 Å². The molecule has 0 aliphatic carbocycles. The van der Waals surface area contributed by atoms with Gasteiger partial charge in [0.25, 0.3) is 5.69 Å². The molecule has 8 heteroatoms. The molecular weight excluding hydrogens is 206 g/mol. The fourth-order valence-electron chi connectivity index (χ4n) is 0.882. The van der Waals surface area contributed by atoms with E-state index in [0.29, 0.717) is 0 Å². The molecule has 1 amide bonds. The molecule has 0 aromatic heterocycles. The summed E-state index contributed by atoms with van der Waals surface area (Å²) in [6.07, 6.45) is 0. The van der Waals surface area contributed by atoms with E-state index in [4.69, 9.17) is 0 Å². The topological polar surface area (TPSA) is 115 Å². The maximum Gasteiger partial charge on any atom is 0.310 e. The number of rotatable bonds is 3. The van der Waals surface area contributed by atoms with Crippen molar-refractivity contribution < 1.29 is 14.8 Å². The summed E-state index contributed by atoms with van der Waals surface area (Å²) in [5, 5.41) is 19.2. The SMILES string of the molecule is O=C(N[N+](=O)[O-])c1ccc([N+](=O)[O-])cc1. The number of benzene rings is 1. The van der Waals surface area contributed by atoms with Crippen LogP contribution in [0, 0.1) is 20.2 Å². The number of hydrogen-bond acceptors (Lipinski definition) is 5. The molecule has 0 saturated carbocycles. The van der Waals surface area contributed by atoms with E-state index in [0.717, 1.165) is 24.3 Å². The van der Waals surface area contributed by atoms with Gasteiger partial charge in [-0.3, -0.25) is 14.9 Å². The number of nitrogens with one attached hydrogen (secondary N) is 1. The summed E-state index contributed by atoms with van der Waals surface area (Å²) >= 11 is 0. The molecule has 0 bridgehead atoms. The molecule has 0 heterocycles. The lowest BCUT2D eigenvalue weighted by molar-refractivity contribution is -0.527. The Labute approximate surface area is 82.8 Å². The summed E-state index contributed by atoms with van der Waals surface area (Å²) in [4.78, 5) is 30.6. The second kappa shape index (κ2) is 4.13. The van der Waals surface area contributed by atoms with Crippen LogP contribution in [0.1, 0.15) is 10.4 Å². The average molecular weight is 211 g/mol. The lowest BCUT2D eigenvalue weighted by Gasteiger charge is -1.96. The van der Waals surface area contributed by atoms with E-state index in [1.807, 2.05) is 0 Å². The second-order valence-corrected chi connectivity index (χ2v) is 2.50. The van der Waals surface area contributed by atoms with Crippen LogP contribution in [0.15, 0.2) is 24.3 Å². The van der Waals surface area contributed by atoms with E-state index in [1.165, 1.54) is 5.43 Å². The molecule has 0 saturated heterocycles. The van der Waals surface area contributed by atoms with Gasteiger partial charge in [-0.05, 0) is 12.1 Å². The van der Waals surface area contributed by atoms with Crippen molar-refractivity contribution in [1.82, 2.24) is 5.43 Å². The van der Waals surface area contributed by atoms with Crippen LogP contribution in [0.2, 0.25) is 0 Å². The summed E-state index contributed by atoms with van der Waals surface area (Å²) in [6, 6.07) is 4.46. The van der Waals surface area contributed by atoms with Crippen LogP contribution in [0.4, 0.5) is 5.69 Å². The number of hydrazine groups is 1. The average Bonchev–Trinajstić information content (AvgIpc) is 2.17. The molecular formula is C7H5N3O5. The Morgan fingerprint density at radius 3 is 2.07 bits per heavy atom. The number of nitrogens with zero attached hydrogens (tertiary/aromatic N) is 2. The third-order valence-electron chi connectivity index (χ3n) is 1.53. The van der Waals surface area contributed by atoms with E-state index in [2.05, 4.69) is 0 Å². The molecule has 0 unspecified atom stereocenters. The third kappa shape index (κ3) is 2.72. The molecule has 1 aromatic carbocycles. The molecule has 0 fully saturated rings. The molecule has 1 rings (SSSR count). The number of hydrogen-bond donors (Lipinski definition) is 1. The van der Waals surface area contributed by atoms with E-state index in [-0.39, 0.29) is 11.3 Å². The summed E-state index contributed by atoms with van der Waals surface area (Å²) in [5.74, 6) is -0.921. The quantitative estimate of drug-likeness (QED) is 0.577. The van der Waals surface area contributed by atoms with E-state index in [1.54, 1.807) is 0 Å². The monoisotopic (exact) mass is 211 g/mol. The predicted octanol–water partition coefficient (Wildman–Crippen LogP) is 0.516. The van der Waals surface area contributed by atoms with E-state index in [9.17, 15) is 25.0 Å². The number of carbonyl (C=O) groups is 1. The summed E-state index contributed by atoms with van der Waals surface area (Å²) in [5.41, 5.74) is 1.22. The molecule has 0 aliphatic heterocycles. The Morgan fingerprint density at radius 2 is 1.67 bits per heavy atom. The lowest BCUT2D eigenvalue weighted by Crippen LogP contribution is -2.29. The Bertz CT molecular complexity index is 413. The number of carbonyl (C=O) groups excluding carboxylic acids is 1. The highest BCUT2D eigenvalue weighted by atomic mass is 16.7. The van der Waals surface area contributed by atoms with Crippen LogP contribution in [0.5, 0.6) is 0 Å². The van der Waals surface area contributed by atoms with Crippen LogP contribution in [0.3, 0.4) is 0 Å². The van der Waals surface area contributed by atoms with E-state index < -0.39 is 15.9 Å². The van der Waals surface area contributed by atoms with Crippen molar-refractivity contribution in [2.75, 3.05) is 0 Å². The van der Waals surface area contributed by atoms with Gasteiger partial charge in [-0.2, -0.15) is 0 Å². The first-order valence-corrected chi connectivity index (χ1v) is 3.70. The zero-order valence-electron chi connectivity index (χ0n) is 7.25. The van der Waals surface area contributed by atoms with Gasteiger partial charge in [0.2, 0.25) is 0 Å². The molecule has 78 valence electrons. The molecule has 1 aromatic rings. The summed E-state index contributed by atoms with van der Waals surface area (Å²) in [7, 11) is 0. The summed E-state index contributed by atoms with van der Waals surface area (Å²) in [6.45, 7) is 0. The molecule has 1 N–H and O–H groups in total. The van der Waals surface area contributed by atoms with Crippen LogP contribution < -0.4 is 5.43 Å². The van der Waals surface area contributed by atoms with Crippen molar-refractivity contribution in [3.8, 4) is 0 Å². The third-order valence-corrected chi connectivity index (χ3v) is 1.53. The lowest BCUT2D eigenvalue weighted by atomic mass is 10.2. The van der Waals surface area contributed by atoms with E-state index >= 15 is 0 Å². The molecule has 0 spiro atoms. The van der Waals surface area contributed by atoms with Gasteiger partial charge in [-0.1, -0.05) is 5.43 Å². The zero-order valence-corrected chi connectivity index (χ0v) is 7.25. The van der Waals surface area contributed by atoms with Gasteiger partial charge in [-0.25, -0.2) is 10.1 Å². The van der Waals surface area contributed by atoms with Crippen molar-refractivity contribution >= 4 is 11.6 Å². The normalized spacial score (nSPS) is 9.33. The molecule has 0 radical (unpaired) electrons. The number of nitro groups is 2. The van der Waals surface area contributed by atoms with Crippen molar-refractivity contribution in [2.24, 2.45) is 0 Å². The minimum absolute atomic E-state index is 0.0164. The predicted molar refractivity (Wildman–Crippen MR) is 47.6 cm³/mol. The van der Waals surface area contributed by atoms with Gasteiger partial charge in [0.15, 0.2) is 5.03 Å². The second-order valence-electron chi connectivity index (χ2n) is 2.50.